The average Bonchev–Trinajstić information content (AvgIpc) is 3.42. The summed E-state index contributed by atoms with van der Waals surface area (Å²) >= 11 is 0. The van der Waals surface area contributed by atoms with Gasteiger partial charge in [0.15, 0.2) is 5.82 Å². The van der Waals surface area contributed by atoms with Crippen molar-refractivity contribution in [1.29, 1.82) is 0 Å². The summed E-state index contributed by atoms with van der Waals surface area (Å²) in [5.74, 6) is 1.09. The Kier molecular flexibility index (Phi) is 7.00. The zero-order valence-corrected chi connectivity index (χ0v) is 22.4. The second kappa shape index (κ2) is 10.9. The maximum Gasteiger partial charge on any atom is 0.253 e. The highest BCUT2D eigenvalue weighted by molar-refractivity contribution is 5.79. The van der Waals surface area contributed by atoms with Gasteiger partial charge in [0.2, 0.25) is 0 Å². The molecule has 3 aromatic carbocycles. The van der Waals surface area contributed by atoms with E-state index in [0.717, 1.165) is 46.6 Å². The summed E-state index contributed by atoms with van der Waals surface area (Å²) in [5, 5.41) is 13.6. The van der Waals surface area contributed by atoms with Gasteiger partial charge >= 0.3 is 0 Å². The number of benzene rings is 3. The smallest absolute Gasteiger partial charge is 0.253 e. The number of anilines is 1. The van der Waals surface area contributed by atoms with Gasteiger partial charge in [-0.1, -0.05) is 36.4 Å². The molecule has 3 heterocycles. The molecule has 0 aliphatic carbocycles. The van der Waals surface area contributed by atoms with Gasteiger partial charge in [-0.05, 0) is 70.3 Å². The van der Waals surface area contributed by atoms with E-state index in [1.165, 1.54) is 12.1 Å². The molecular weight excluding hydrogens is 509 g/mol. The number of methoxy groups -OCH3 is 1. The lowest BCUT2D eigenvalue weighted by molar-refractivity contribution is 0.200. The molecule has 0 saturated carbocycles. The normalized spacial score (nSPS) is 14.9. The molecule has 1 aliphatic rings. The number of hydrogen-bond acceptors (Lipinski definition) is 7. The third-order valence-electron chi connectivity index (χ3n) is 7.48. The number of pyridine rings is 1. The molecule has 1 fully saturated rings. The average molecular weight is 540 g/mol. The van der Waals surface area contributed by atoms with Gasteiger partial charge in [-0.2, -0.15) is 0 Å². The Hall–Kier alpha value is -4.57. The molecule has 1 saturated heterocycles. The number of fused-ring (bicyclic) bond motifs is 1. The molecule has 0 amide bonds. The van der Waals surface area contributed by atoms with Crippen LogP contribution in [0.1, 0.15) is 28.6 Å². The molecule has 40 heavy (non-hydrogen) atoms. The highest BCUT2D eigenvalue weighted by atomic mass is 19.1. The fourth-order valence-electron chi connectivity index (χ4n) is 5.43. The Labute approximate surface area is 230 Å². The summed E-state index contributed by atoms with van der Waals surface area (Å²) in [6.45, 7) is 5.18. The van der Waals surface area contributed by atoms with Crippen LogP contribution in [0.3, 0.4) is 0 Å². The van der Waals surface area contributed by atoms with E-state index in [2.05, 4.69) is 36.4 Å². The van der Waals surface area contributed by atoms with Crippen LogP contribution >= 0.6 is 0 Å². The van der Waals surface area contributed by atoms with E-state index < -0.39 is 6.04 Å². The van der Waals surface area contributed by atoms with E-state index in [0.29, 0.717) is 31.0 Å². The molecule has 1 N–H and O–H groups in total. The standard InChI is InChI=1S/C30H30FN7O2/c1-20-7-10-22-18-24(30(39)32-25(22)17-20)28(29-33-34-35-38(29)19-21-8-11-23(31)12-9-21)37-15-13-36(14-16-37)26-5-3-4-6-27(26)40-2/h3-12,17-18,28H,13-16,19H2,1-2H3,(H,32,39)/t28-/m0/s1. The van der Waals surface area contributed by atoms with Gasteiger partial charge in [0.1, 0.15) is 17.6 Å². The molecule has 5 aromatic rings. The topological polar surface area (TPSA) is 92.2 Å². The summed E-state index contributed by atoms with van der Waals surface area (Å²) in [6, 6.07) is 21.7. The van der Waals surface area contributed by atoms with Crippen molar-refractivity contribution in [2.75, 3.05) is 38.2 Å². The van der Waals surface area contributed by atoms with Crippen molar-refractivity contribution in [3.63, 3.8) is 0 Å². The van der Waals surface area contributed by atoms with Gasteiger partial charge in [0.05, 0.1) is 19.3 Å². The Morgan fingerprint density at radius 1 is 1.00 bits per heavy atom. The first kappa shape index (κ1) is 25.7. The first-order valence-electron chi connectivity index (χ1n) is 13.3. The molecule has 1 aliphatic heterocycles. The first-order valence-corrected chi connectivity index (χ1v) is 13.3. The first-order chi connectivity index (χ1) is 19.5. The molecule has 9 nitrogen and oxygen atoms in total. The van der Waals surface area contributed by atoms with Gasteiger partial charge in [-0.25, -0.2) is 9.07 Å². The predicted molar refractivity (Wildman–Crippen MR) is 151 cm³/mol. The minimum absolute atomic E-state index is 0.174. The number of aromatic nitrogens is 5. The van der Waals surface area contributed by atoms with Crippen LogP contribution in [0.4, 0.5) is 10.1 Å². The highest BCUT2D eigenvalue weighted by Crippen LogP contribution is 2.32. The van der Waals surface area contributed by atoms with Crippen molar-refractivity contribution < 1.29 is 9.13 Å². The third kappa shape index (κ3) is 5.05. The van der Waals surface area contributed by atoms with Crippen LogP contribution in [0, 0.1) is 12.7 Å². The number of rotatable bonds is 7. The molecule has 0 radical (unpaired) electrons. The van der Waals surface area contributed by atoms with Crippen molar-refractivity contribution in [3.8, 4) is 5.75 Å². The summed E-state index contributed by atoms with van der Waals surface area (Å²) in [6.07, 6.45) is 0. The minimum atomic E-state index is -0.482. The summed E-state index contributed by atoms with van der Waals surface area (Å²) in [4.78, 5) is 21.2. The van der Waals surface area contributed by atoms with E-state index in [-0.39, 0.29) is 11.4 Å². The number of halogens is 1. The lowest BCUT2D eigenvalue weighted by Gasteiger charge is -2.40. The Morgan fingerprint density at radius 3 is 2.55 bits per heavy atom. The van der Waals surface area contributed by atoms with Crippen molar-refractivity contribution in [2.45, 2.75) is 19.5 Å². The van der Waals surface area contributed by atoms with Crippen LogP contribution < -0.4 is 15.2 Å². The highest BCUT2D eigenvalue weighted by Gasteiger charge is 2.33. The van der Waals surface area contributed by atoms with Crippen LogP contribution in [-0.4, -0.2) is 63.4 Å². The number of hydrogen-bond donors (Lipinski definition) is 1. The Balaban J connectivity index is 1.38. The molecule has 6 rings (SSSR count). The zero-order chi connectivity index (χ0) is 27.6. The number of piperazine rings is 1. The van der Waals surface area contributed by atoms with Crippen LogP contribution in [0.15, 0.2) is 77.6 Å². The van der Waals surface area contributed by atoms with E-state index >= 15 is 0 Å². The number of nitrogens with zero attached hydrogens (tertiary/aromatic N) is 6. The number of aryl methyl sites for hydroxylation is 1. The number of tetrazole rings is 1. The number of aromatic amines is 1. The number of ether oxygens (including phenoxy) is 1. The second-order valence-electron chi connectivity index (χ2n) is 10.1. The van der Waals surface area contributed by atoms with Crippen molar-refractivity contribution in [3.05, 3.63) is 111 Å². The van der Waals surface area contributed by atoms with E-state index in [1.54, 1.807) is 23.9 Å². The SMILES string of the molecule is COc1ccccc1N1CCN([C@@H](c2cc3ccc(C)cc3[nH]c2=O)c2nnnn2Cc2ccc(F)cc2)CC1. The maximum atomic E-state index is 13.6. The van der Waals surface area contributed by atoms with Crippen LogP contribution in [0.5, 0.6) is 5.75 Å². The number of H-pyrrole nitrogens is 1. The summed E-state index contributed by atoms with van der Waals surface area (Å²) < 4.78 is 20.8. The van der Waals surface area contributed by atoms with E-state index in [1.807, 2.05) is 49.4 Å². The van der Waals surface area contributed by atoms with Crippen molar-refractivity contribution in [2.24, 2.45) is 0 Å². The van der Waals surface area contributed by atoms with Gasteiger partial charge in [0, 0.05) is 37.3 Å². The molecule has 2 aromatic heterocycles. The quantitative estimate of drug-likeness (QED) is 0.335. The molecule has 1 atom stereocenters. The van der Waals surface area contributed by atoms with Gasteiger partial charge < -0.3 is 14.6 Å². The van der Waals surface area contributed by atoms with E-state index in [4.69, 9.17) is 4.74 Å². The second-order valence-corrected chi connectivity index (χ2v) is 10.1. The summed E-state index contributed by atoms with van der Waals surface area (Å²) in [7, 11) is 1.68. The minimum Gasteiger partial charge on any atom is -0.495 e. The number of nitrogens with one attached hydrogen (secondary N) is 1. The fraction of sp³-hybridized carbons (Fsp3) is 0.267. The fourth-order valence-corrected chi connectivity index (χ4v) is 5.43. The van der Waals surface area contributed by atoms with Gasteiger partial charge in [0.25, 0.3) is 5.56 Å². The molecule has 0 bridgehead atoms. The molecule has 0 unspecified atom stereocenters. The third-order valence-corrected chi connectivity index (χ3v) is 7.48. The lowest BCUT2D eigenvalue weighted by atomic mass is 10.0. The van der Waals surface area contributed by atoms with Gasteiger partial charge in [-0.15, -0.1) is 5.10 Å². The molecule has 204 valence electrons. The van der Waals surface area contributed by atoms with Crippen LogP contribution in [0.2, 0.25) is 0 Å². The summed E-state index contributed by atoms with van der Waals surface area (Å²) in [5.41, 5.74) is 4.17. The molecule has 10 heteroatoms. The Morgan fingerprint density at radius 2 is 1.77 bits per heavy atom. The van der Waals surface area contributed by atoms with Crippen LogP contribution in [-0.2, 0) is 6.54 Å². The largest absolute Gasteiger partial charge is 0.495 e. The number of para-hydroxylation sites is 2. The molecule has 0 spiro atoms. The Bertz CT molecular complexity index is 1690. The monoisotopic (exact) mass is 539 g/mol. The van der Waals surface area contributed by atoms with Crippen molar-refractivity contribution >= 4 is 16.6 Å². The van der Waals surface area contributed by atoms with E-state index in [9.17, 15) is 9.18 Å². The van der Waals surface area contributed by atoms with Gasteiger partial charge in [-0.3, -0.25) is 9.69 Å². The van der Waals surface area contributed by atoms with Crippen LogP contribution in [0.25, 0.3) is 10.9 Å². The predicted octanol–water partition coefficient (Wildman–Crippen LogP) is 3.93. The zero-order valence-electron chi connectivity index (χ0n) is 22.4. The van der Waals surface area contributed by atoms with Crippen molar-refractivity contribution in [1.82, 2.24) is 30.1 Å². The molecular formula is C30H30FN7O2. The maximum absolute atomic E-state index is 13.6. The lowest BCUT2D eigenvalue weighted by Crippen LogP contribution is -2.49.